The summed E-state index contributed by atoms with van der Waals surface area (Å²) in [5, 5.41) is 11.8. The van der Waals surface area contributed by atoms with Crippen LogP contribution < -0.4 is 5.30 Å². The maximum atomic E-state index is 13.5. The van der Waals surface area contributed by atoms with Crippen LogP contribution in [0.1, 0.15) is 41.2 Å². The number of hydrogen-bond donors (Lipinski definition) is 1. The molecule has 4 rings (SSSR count). The number of ether oxygens (including phenoxy) is 2. The van der Waals surface area contributed by atoms with Crippen LogP contribution in [-0.2, 0) is 25.1 Å². The quantitative estimate of drug-likeness (QED) is 0.126. The first-order valence-corrected chi connectivity index (χ1v) is 14.0. The van der Waals surface area contributed by atoms with Gasteiger partial charge in [-0.3, -0.25) is 15.1 Å². The lowest BCUT2D eigenvalue weighted by Crippen LogP contribution is -2.36. The molecule has 3 aromatic rings. The first-order valence-electron chi connectivity index (χ1n) is 12.5. The lowest BCUT2D eigenvalue weighted by Gasteiger charge is -2.32. The molecule has 0 atom stereocenters. The molecule has 2 aromatic carbocycles. The van der Waals surface area contributed by atoms with Crippen LogP contribution in [0.3, 0.4) is 0 Å². The average Bonchev–Trinajstić information content (AvgIpc) is 2.90. The van der Waals surface area contributed by atoms with Crippen molar-refractivity contribution in [1.29, 1.82) is 0 Å². The summed E-state index contributed by atoms with van der Waals surface area (Å²) in [5.41, 5.74) is 1.89. The summed E-state index contributed by atoms with van der Waals surface area (Å²) in [4.78, 5) is 40.7. The Balaban J connectivity index is 1.70. The van der Waals surface area contributed by atoms with Gasteiger partial charge >= 0.3 is 13.9 Å². The Morgan fingerprint density at radius 3 is 2.44 bits per heavy atom. The molecule has 0 saturated carbocycles. The van der Waals surface area contributed by atoms with E-state index >= 15 is 0 Å². The fraction of sp³-hybridized carbons (Fsp3) is 0.357. The average molecular weight is 556 g/mol. The molecular formula is C28H32N2O8P+. The molecule has 0 spiro atoms. The monoisotopic (exact) mass is 555 g/mol. The van der Waals surface area contributed by atoms with Gasteiger partial charge in [-0.2, -0.15) is 13.9 Å². The lowest BCUT2D eigenvalue weighted by atomic mass is 9.97. The number of hydrogen-bond acceptors (Lipinski definition) is 9. The number of aryl methyl sites for hydroxylation is 2. The minimum Gasteiger partial charge on any atom is -0.460 e. The molecule has 0 unspecified atom stereocenters. The number of pyridine rings is 1. The molecule has 0 radical (unpaired) electrons. The Morgan fingerprint density at radius 2 is 1.77 bits per heavy atom. The second-order valence-corrected chi connectivity index (χ2v) is 12.1. The number of non-ortho nitro benzene ring substituents is 1. The molecule has 1 aliphatic rings. The second kappa shape index (κ2) is 11.9. The maximum absolute atomic E-state index is 13.5. The van der Waals surface area contributed by atoms with Gasteiger partial charge in [-0.1, -0.05) is 56.3 Å². The van der Waals surface area contributed by atoms with Gasteiger partial charge in [0.1, 0.15) is 19.8 Å². The van der Waals surface area contributed by atoms with Crippen LogP contribution in [0.25, 0.3) is 11.1 Å². The van der Waals surface area contributed by atoms with Gasteiger partial charge in [0.25, 0.3) is 5.69 Å². The smallest absolute Gasteiger partial charge is 0.448 e. The molecule has 1 aromatic heterocycles. The highest BCUT2D eigenvalue weighted by Gasteiger charge is 2.55. The molecule has 2 heterocycles. The topological polar surface area (TPSA) is 130 Å². The molecule has 0 amide bonds. The summed E-state index contributed by atoms with van der Waals surface area (Å²) in [6, 6.07) is 15.5. The van der Waals surface area contributed by atoms with E-state index < -0.39 is 18.8 Å². The fourth-order valence-electron chi connectivity index (χ4n) is 4.25. The van der Waals surface area contributed by atoms with Crippen LogP contribution in [0.4, 0.5) is 5.69 Å². The third kappa shape index (κ3) is 6.66. The van der Waals surface area contributed by atoms with E-state index in [0.717, 1.165) is 5.56 Å². The molecule has 1 aliphatic heterocycles. The van der Waals surface area contributed by atoms with Gasteiger partial charge in [-0.15, -0.1) is 0 Å². The Kier molecular flexibility index (Phi) is 8.73. The Hall–Kier alpha value is -3.27. The summed E-state index contributed by atoms with van der Waals surface area (Å²) in [5.74, 6) is -0.699. The predicted molar refractivity (Wildman–Crippen MR) is 147 cm³/mol. The highest BCUT2D eigenvalue weighted by molar-refractivity contribution is 7.69. The van der Waals surface area contributed by atoms with Gasteiger partial charge in [0.05, 0.1) is 40.7 Å². The fourth-order valence-corrected chi connectivity index (χ4v) is 6.62. The minimum atomic E-state index is -3.70. The molecule has 1 N–H and O–H groups in total. The van der Waals surface area contributed by atoms with E-state index in [0.29, 0.717) is 23.6 Å². The number of carbonyl (C=O) groups excluding carboxylic acids is 1. The predicted octanol–water partition coefficient (Wildman–Crippen LogP) is 5.10. The Bertz CT molecular complexity index is 1350. The first-order chi connectivity index (χ1) is 18.5. The number of benzene rings is 2. The number of nitro groups is 1. The van der Waals surface area contributed by atoms with Crippen molar-refractivity contribution in [1.82, 2.24) is 4.98 Å². The van der Waals surface area contributed by atoms with Crippen molar-refractivity contribution >= 4 is 24.9 Å². The molecule has 11 heteroatoms. The highest BCUT2D eigenvalue weighted by atomic mass is 31.2. The number of nitrogens with zero attached hydrogens (tertiary/aromatic N) is 2. The van der Waals surface area contributed by atoms with E-state index in [4.69, 9.17) is 18.5 Å². The number of nitro benzene ring substituents is 1. The first kappa shape index (κ1) is 28.7. The third-order valence-corrected chi connectivity index (χ3v) is 8.26. The van der Waals surface area contributed by atoms with Gasteiger partial charge in [-0.05, 0) is 25.0 Å². The molecule has 1 fully saturated rings. The maximum Gasteiger partial charge on any atom is 0.448 e. The summed E-state index contributed by atoms with van der Waals surface area (Å²) in [6.07, 6.45) is 0. The van der Waals surface area contributed by atoms with E-state index in [1.165, 1.54) is 18.2 Å². The van der Waals surface area contributed by atoms with Crippen LogP contribution in [0, 0.1) is 29.4 Å². The third-order valence-electron chi connectivity index (χ3n) is 6.19. The Labute approximate surface area is 227 Å². The van der Waals surface area contributed by atoms with Crippen LogP contribution in [0.5, 0.6) is 0 Å². The normalized spacial score (nSPS) is 16.0. The number of aromatic nitrogens is 1. The van der Waals surface area contributed by atoms with Crippen LogP contribution in [0.15, 0.2) is 54.6 Å². The molecule has 0 bridgehead atoms. The Morgan fingerprint density at radius 1 is 1.08 bits per heavy atom. The van der Waals surface area contributed by atoms with Gasteiger partial charge in [-0.25, -0.2) is 4.79 Å². The zero-order chi connectivity index (χ0) is 28.2. The minimum absolute atomic E-state index is 0.0245. The molecule has 1 saturated heterocycles. The van der Waals surface area contributed by atoms with Crippen molar-refractivity contribution in [3.05, 3.63) is 87.2 Å². The number of carbonyl (C=O) groups is 1. The largest absolute Gasteiger partial charge is 0.460 e. The molecule has 206 valence electrons. The standard InChI is InChI=1S/C28H32N2O8P/c1-19-24(27(31)36-14-13-35-16-21-9-6-5-7-10-21)25(22-11-8-12-23(15-22)30(32)33)26(20(2)29-19)39(34)37-17-28(3,4)18-38-39/h5-12,15,34H,13-14,16-18H2,1-4H3/q+1. The highest BCUT2D eigenvalue weighted by Crippen LogP contribution is 2.62. The van der Waals surface area contributed by atoms with Crippen molar-refractivity contribution in [3.63, 3.8) is 0 Å². The molecule has 0 aliphatic carbocycles. The van der Waals surface area contributed by atoms with Crippen LogP contribution in [0.2, 0.25) is 0 Å². The van der Waals surface area contributed by atoms with Gasteiger partial charge < -0.3 is 9.47 Å². The molecule has 39 heavy (non-hydrogen) atoms. The van der Waals surface area contributed by atoms with E-state index in [2.05, 4.69) is 4.98 Å². The van der Waals surface area contributed by atoms with Gasteiger partial charge in [0, 0.05) is 17.5 Å². The van der Waals surface area contributed by atoms with Crippen molar-refractivity contribution in [2.24, 2.45) is 5.41 Å². The van der Waals surface area contributed by atoms with Crippen molar-refractivity contribution in [2.75, 3.05) is 26.4 Å². The molecular weight excluding hydrogens is 523 g/mol. The van der Waals surface area contributed by atoms with Crippen molar-refractivity contribution in [3.8, 4) is 11.1 Å². The number of esters is 1. The SMILES string of the molecule is Cc1nc(C)c([P+]2(O)OCC(C)(C)CO2)c(-c2cccc([N+](=O)[O-])c2)c1C(=O)OCCOCc1ccccc1. The summed E-state index contributed by atoms with van der Waals surface area (Å²) in [6.45, 7) is 8.17. The summed E-state index contributed by atoms with van der Waals surface area (Å²) >= 11 is 0. The van der Waals surface area contributed by atoms with Crippen molar-refractivity contribution < 1.29 is 33.1 Å². The second-order valence-electron chi connectivity index (χ2n) is 10.1. The van der Waals surface area contributed by atoms with Gasteiger partial charge in [0.15, 0.2) is 0 Å². The van der Waals surface area contributed by atoms with E-state index in [1.54, 1.807) is 19.9 Å². The zero-order valence-corrected chi connectivity index (χ0v) is 23.3. The summed E-state index contributed by atoms with van der Waals surface area (Å²) < 4.78 is 23.0. The lowest BCUT2D eigenvalue weighted by molar-refractivity contribution is -0.384. The van der Waals surface area contributed by atoms with Crippen LogP contribution >= 0.6 is 7.94 Å². The number of rotatable bonds is 9. The van der Waals surface area contributed by atoms with E-state index in [9.17, 15) is 19.8 Å². The van der Waals surface area contributed by atoms with Gasteiger partial charge in [0.2, 0.25) is 5.30 Å². The van der Waals surface area contributed by atoms with Crippen LogP contribution in [-0.4, -0.2) is 47.2 Å². The zero-order valence-electron chi connectivity index (χ0n) is 22.4. The van der Waals surface area contributed by atoms with E-state index in [1.807, 2.05) is 44.2 Å². The van der Waals surface area contributed by atoms with Crippen molar-refractivity contribution in [2.45, 2.75) is 34.3 Å². The summed E-state index contributed by atoms with van der Waals surface area (Å²) in [7, 11) is -3.70. The van der Waals surface area contributed by atoms with E-state index in [-0.39, 0.29) is 54.0 Å². The molecule has 10 nitrogen and oxygen atoms in total.